The van der Waals surface area contributed by atoms with Gasteiger partial charge in [0, 0.05) is 9.86 Å². The smallest absolute Gasteiger partial charge is 0.340 e. The maximum atomic E-state index is 14.0. The lowest BCUT2D eigenvalue weighted by molar-refractivity contribution is 0.0596. The molecule has 0 radical (unpaired) electrons. The monoisotopic (exact) mass is 282 g/mol. The summed E-state index contributed by atoms with van der Waals surface area (Å²) in [4.78, 5) is 11.3. The summed E-state index contributed by atoms with van der Waals surface area (Å²) in [6.07, 6.45) is 0. The quantitative estimate of drug-likeness (QED) is 0.748. The molecule has 16 heavy (non-hydrogen) atoms. The van der Waals surface area contributed by atoms with E-state index in [4.69, 9.17) is 0 Å². The summed E-state index contributed by atoms with van der Waals surface area (Å²) in [5.41, 5.74) is -0.0620. The molecule has 0 unspecified atom stereocenters. The van der Waals surface area contributed by atoms with E-state index in [-0.39, 0.29) is 5.56 Å². The van der Waals surface area contributed by atoms with E-state index in [1.54, 1.807) is 18.2 Å². The zero-order chi connectivity index (χ0) is 11.7. The van der Waals surface area contributed by atoms with Gasteiger partial charge >= 0.3 is 5.97 Å². The fraction of sp³-hybridized carbons (Fsp3) is 0.0833. The summed E-state index contributed by atoms with van der Waals surface area (Å²) in [6.45, 7) is 0. The van der Waals surface area contributed by atoms with Crippen LogP contribution in [-0.4, -0.2) is 13.1 Å². The van der Waals surface area contributed by atoms with Crippen LogP contribution in [0.4, 0.5) is 4.39 Å². The molecule has 0 heterocycles. The largest absolute Gasteiger partial charge is 0.465 e. The van der Waals surface area contributed by atoms with Crippen molar-refractivity contribution in [2.24, 2.45) is 0 Å². The molecule has 0 amide bonds. The van der Waals surface area contributed by atoms with Crippen molar-refractivity contribution in [3.63, 3.8) is 0 Å². The van der Waals surface area contributed by atoms with Crippen LogP contribution in [0.3, 0.4) is 0 Å². The number of esters is 1. The zero-order valence-corrected chi connectivity index (χ0v) is 10.0. The minimum atomic E-state index is -0.677. The van der Waals surface area contributed by atoms with Crippen LogP contribution < -0.4 is 0 Å². The van der Waals surface area contributed by atoms with E-state index in [0.717, 1.165) is 5.39 Å². The maximum absolute atomic E-state index is 14.0. The Labute approximate surface area is 100 Å². The highest BCUT2D eigenvalue weighted by Gasteiger charge is 2.16. The predicted molar refractivity (Wildman–Crippen MR) is 62.9 cm³/mol. The van der Waals surface area contributed by atoms with E-state index in [9.17, 15) is 9.18 Å². The van der Waals surface area contributed by atoms with Gasteiger partial charge in [0.15, 0.2) is 0 Å². The number of ether oxygens (including phenoxy) is 1. The molecule has 0 aromatic heterocycles. The third-order valence-electron chi connectivity index (χ3n) is 2.33. The molecule has 0 bridgehead atoms. The van der Waals surface area contributed by atoms with Gasteiger partial charge in [-0.25, -0.2) is 9.18 Å². The summed E-state index contributed by atoms with van der Waals surface area (Å²) in [5, 5.41) is 1.13. The van der Waals surface area contributed by atoms with Crippen LogP contribution in [-0.2, 0) is 4.74 Å². The fourth-order valence-electron chi connectivity index (χ4n) is 1.55. The first-order chi connectivity index (χ1) is 7.65. The van der Waals surface area contributed by atoms with E-state index in [1.165, 1.54) is 13.2 Å². The van der Waals surface area contributed by atoms with Gasteiger partial charge < -0.3 is 4.74 Å². The van der Waals surface area contributed by atoms with E-state index >= 15 is 0 Å². The lowest BCUT2D eigenvalue weighted by Crippen LogP contribution is -2.05. The van der Waals surface area contributed by atoms with Crippen LogP contribution in [0.2, 0.25) is 0 Å². The number of benzene rings is 2. The lowest BCUT2D eigenvalue weighted by atomic mass is 10.1. The SMILES string of the molecule is COC(=O)c1cc(Br)c2ccccc2c1F. The van der Waals surface area contributed by atoms with Gasteiger partial charge in [-0.1, -0.05) is 40.2 Å². The van der Waals surface area contributed by atoms with Crippen LogP contribution in [0.1, 0.15) is 10.4 Å². The highest BCUT2D eigenvalue weighted by atomic mass is 79.9. The number of hydrogen-bond donors (Lipinski definition) is 0. The second-order valence-corrected chi connectivity index (χ2v) is 4.11. The molecule has 0 atom stereocenters. The van der Waals surface area contributed by atoms with Crippen molar-refractivity contribution in [1.29, 1.82) is 0 Å². The first-order valence-electron chi connectivity index (χ1n) is 4.60. The summed E-state index contributed by atoms with van der Waals surface area (Å²) >= 11 is 3.30. The van der Waals surface area contributed by atoms with Crippen molar-refractivity contribution in [2.45, 2.75) is 0 Å². The summed E-state index contributed by atoms with van der Waals surface area (Å²) in [7, 11) is 1.23. The molecule has 0 aliphatic carbocycles. The molecular formula is C12H8BrFO2. The first-order valence-corrected chi connectivity index (χ1v) is 5.39. The minimum absolute atomic E-state index is 0.0620. The van der Waals surface area contributed by atoms with Crippen LogP contribution in [0.5, 0.6) is 0 Å². The number of hydrogen-bond acceptors (Lipinski definition) is 2. The van der Waals surface area contributed by atoms with Crippen LogP contribution in [0.25, 0.3) is 10.8 Å². The molecule has 2 nitrogen and oxygen atoms in total. The second kappa shape index (κ2) is 4.22. The summed E-state index contributed by atoms with van der Waals surface area (Å²) in [5.74, 6) is -1.23. The zero-order valence-electron chi connectivity index (χ0n) is 8.46. The number of carbonyl (C=O) groups is 1. The Balaban J connectivity index is 2.80. The van der Waals surface area contributed by atoms with Gasteiger partial charge in [-0.15, -0.1) is 0 Å². The third kappa shape index (κ3) is 1.69. The Morgan fingerprint density at radius 2 is 1.94 bits per heavy atom. The van der Waals surface area contributed by atoms with Crippen molar-refractivity contribution in [3.8, 4) is 0 Å². The topological polar surface area (TPSA) is 26.3 Å². The van der Waals surface area contributed by atoms with E-state index in [2.05, 4.69) is 20.7 Å². The van der Waals surface area contributed by atoms with Gasteiger partial charge in [-0.3, -0.25) is 0 Å². The molecule has 0 saturated heterocycles. The Bertz CT molecular complexity index is 566. The second-order valence-electron chi connectivity index (χ2n) is 3.26. The molecule has 2 aromatic rings. The maximum Gasteiger partial charge on any atom is 0.340 e. The predicted octanol–water partition coefficient (Wildman–Crippen LogP) is 3.53. The van der Waals surface area contributed by atoms with Crippen molar-refractivity contribution in [1.82, 2.24) is 0 Å². The Morgan fingerprint density at radius 3 is 2.56 bits per heavy atom. The lowest BCUT2D eigenvalue weighted by Gasteiger charge is -2.06. The van der Waals surface area contributed by atoms with E-state index < -0.39 is 11.8 Å². The van der Waals surface area contributed by atoms with Crippen LogP contribution in [0, 0.1) is 5.82 Å². The normalized spacial score (nSPS) is 10.4. The number of rotatable bonds is 1. The third-order valence-corrected chi connectivity index (χ3v) is 2.99. The molecule has 0 saturated carbocycles. The molecule has 0 aliphatic heterocycles. The van der Waals surface area contributed by atoms with Crippen molar-refractivity contribution >= 4 is 32.7 Å². The molecule has 4 heteroatoms. The van der Waals surface area contributed by atoms with Gasteiger partial charge in [0.25, 0.3) is 0 Å². The van der Waals surface area contributed by atoms with Crippen LogP contribution >= 0.6 is 15.9 Å². The van der Waals surface area contributed by atoms with Gasteiger partial charge in [0.2, 0.25) is 0 Å². The first kappa shape index (κ1) is 11.1. The average molecular weight is 283 g/mol. The molecule has 2 aromatic carbocycles. The number of carbonyl (C=O) groups excluding carboxylic acids is 1. The Hall–Kier alpha value is -1.42. The van der Waals surface area contributed by atoms with E-state index in [1.807, 2.05) is 6.07 Å². The molecule has 0 spiro atoms. The Kier molecular flexibility index (Phi) is 2.92. The summed E-state index contributed by atoms with van der Waals surface area (Å²) in [6, 6.07) is 8.37. The van der Waals surface area contributed by atoms with E-state index in [0.29, 0.717) is 9.86 Å². The van der Waals surface area contributed by atoms with Crippen molar-refractivity contribution in [2.75, 3.05) is 7.11 Å². The molecule has 82 valence electrons. The highest BCUT2D eigenvalue weighted by molar-refractivity contribution is 9.10. The molecule has 2 rings (SSSR count). The molecule has 0 aliphatic rings. The van der Waals surface area contributed by atoms with Gasteiger partial charge in [-0.2, -0.15) is 0 Å². The van der Waals surface area contributed by atoms with Gasteiger partial charge in [0.1, 0.15) is 5.82 Å². The van der Waals surface area contributed by atoms with Crippen LogP contribution in [0.15, 0.2) is 34.8 Å². The molecule has 0 N–H and O–H groups in total. The molecule has 0 fully saturated rings. The van der Waals surface area contributed by atoms with Crippen molar-refractivity contribution in [3.05, 3.63) is 46.2 Å². The average Bonchev–Trinajstić information content (AvgIpc) is 2.33. The molecular weight excluding hydrogens is 275 g/mol. The fourth-order valence-corrected chi connectivity index (χ4v) is 2.13. The van der Waals surface area contributed by atoms with Gasteiger partial charge in [0.05, 0.1) is 12.7 Å². The number of fused-ring (bicyclic) bond motifs is 1. The summed E-state index contributed by atoms with van der Waals surface area (Å²) < 4.78 is 19.2. The number of methoxy groups -OCH3 is 1. The number of halogens is 2. The van der Waals surface area contributed by atoms with Crippen molar-refractivity contribution < 1.29 is 13.9 Å². The Morgan fingerprint density at radius 1 is 1.31 bits per heavy atom. The standard InChI is InChI=1S/C12H8BrFO2/c1-16-12(15)9-6-10(13)7-4-2-3-5-8(7)11(9)14/h2-6H,1H3. The highest BCUT2D eigenvalue weighted by Crippen LogP contribution is 2.29. The minimum Gasteiger partial charge on any atom is -0.465 e. The van der Waals surface area contributed by atoms with Gasteiger partial charge in [-0.05, 0) is 11.5 Å².